The Labute approximate surface area is 92.8 Å². The second kappa shape index (κ2) is 6.83. The van der Waals surface area contributed by atoms with Crippen molar-refractivity contribution < 1.29 is 9.53 Å². The van der Waals surface area contributed by atoms with Gasteiger partial charge >= 0.3 is 5.97 Å². The number of carbonyl (C=O) groups excluding carboxylic acids is 1. The molecule has 15 heavy (non-hydrogen) atoms. The van der Waals surface area contributed by atoms with Crippen LogP contribution in [-0.4, -0.2) is 36.6 Å². The third kappa shape index (κ3) is 5.17. The molecule has 0 N–H and O–H groups in total. The van der Waals surface area contributed by atoms with E-state index in [9.17, 15) is 4.79 Å². The molecule has 3 nitrogen and oxygen atoms in total. The molecule has 0 spiro atoms. The number of esters is 1. The standard InChI is InChI=1S/C12H23NO2/c1-3-5-9-13(11-6-7-11)10-8-12(14)15-4-2/h11H,3-10H2,1-2H3. The average Bonchev–Trinajstić information content (AvgIpc) is 3.02. The van der Waals surface area contributed by atoms with Crippen LogP contribution in [0.4, 0.5) is 0 Å². The molecule has 0 aromatic carbocycles. The van der Waals surface area contributed by atoms with Crippen LogP contribution in [0.1, 0.15) is 46.0 Å². The summed E-state index contributed by atoms with van der Waals surface area (Å²) >= 11 is 0. The highest BCUT2D eigenvalue weighted by atomic mass is 16.5. The number of rotatable bonds is 8. The van der Waals surface area contributed by atoms with Gasteiger partial charge in [-0.1, -0.05) is 13.3 Å². The molecule has 0 aromatic heterocycles. The first kappa shape index (κ1) is 12.5. The third-order valence-corrected chi connectivity index (χ3v) is 2.77. The van der Waals surface area contributed by atoms with E-state index in [4.69, 9.17) is 4.74 Å². The van der Waals surface area contributed by atoms with Crippen molar-refractivity contribution in [3.8, 4) is 0 Å². The fourth-order valence-electron chi connectivity index (χ4n) is 1.75. The summed E-state index contributed by atoms with van der Waals surface area (Å²) in [5, 5.41) is 0. The van der Waals surface area contributed by atoms with E-state index in [1.807, 2.05) is 6.92 Å². The van der Waals surface area contributed by atoms with Gasteiger partial charge in [0.25, 0.3) is 0 Å². The molecular weight excluding hydrogens is 190 g/mol. The fourth-order valence-corrected chi connectivity index (χ4v) is 1.75. The van der Waals surface area contributed by atoms with Gasteiger partial charge in [0.05, 0.1) is 13.0 Å². The molecule has 3 heteroatoms. The van der Waals surface area contributed by atoms with Crippen LogP contribution in [0.5, 0.6) is 0 Å². The smallest absolute Gasteiger partial charge is 0.307 e. The molecule has 0 radical (unpaired) electrons. The number of carbonyl (C=O) groups is 1. The Morgan fingerprint density at radius 3 is 2.60 bits per heavy atom. The van der Waals surface area contributed by atoms with Crippen LogP contribution in [-0.2, 0) is 9.53 Å². The van der Waals surface area contributed by atoms with Crippen LogP contribution in [0.2, 0.25) is 0 Å². The maximum absolute atomic E-state index is 11.2. The lowest BCUT2D eigenvalue weighted by molar-refractivity contribution is -0.143. The highest BCUT2D eigenvalue weighted by Gasteiger charge is 2.28. The third-order valence-electron chi connectivity index (χ3n) is 2.77. The largest absolute Gasteiger partial charge is 0.466 e. The van der Waals surface area contributed by atoms with Gasteiger partial charge in [-0.3, -0.25) is 9.69 Å². The van der Waals surface area contributed by atoms with E-state index in [-0.39, 0.29) is 5.97 Å². The molecule has 0 aliphatic heterocycles. The Morgan fingerprint density at radius 2 is 2.07 bits per heavy atom. The number of hydrogen-bond donors (Lipinski definition) is 0. The zero-order valence-corrected chi connectivity index (χ0v) is 10.00. The van der Waals surface area contributed by atoms with E-state index in [0.29, 0.717) is 13.0 Å². The van der Waals surface area contributed by atoms with Crippen molar-refractivity contribution >= 4 is 5.97 Å². The van der Waals surface area contributed by atoms with E-state index in [2.05, 4.69) is 11.8 Å². The summed E-state index contributed by atoms with van der Waals surface area (Å²) in [7, 11) is 0. The quantitative estimate of drug-likeness (QED) is 0.579. The number of ether oxygens (including phenoxy) is 1. The van der Waals surface area contributed by atoms with Crippen LogP contribution < -0.4 is 0 Å². The Morgan fingerprint density at radius 1 is 1.33 bits per heavy atom. The molecule has 1 saturated carbocycles. The van der Waals surface area contributed by atoms with Crippen molar-refractivity contribution in [1.82, 2.24) is 4.90 Å². The van der Waals surface area contributed by atoms with Crippen LogP contribution in [0.15, 0.2) is 0 Å². The number of hydrogen-bond acceptors (Lipinski definition) is 3. The Hall–Kier alpha value is -0.570. The monoisotopic (exact) mass is 213 g/mol. The summed E-state index contributed by atoms with van der Waals surface area (Å²) in [5.41, 5.74) is 0. The van der Waals surface area contributed by atoms with Crippen molar-refractivity contribution in [2.45, 2.75) is 52.0 Å². The summed E-state index contributed by atoms with van der Waals surface area (Å²) in [4.78, 5) is 13.7. The molecule has 0 aromatic rings. The topological polar surface area (TPSA) is 29.5 Å². The summed E-state index contributed by atoms with van der Waals surface area (Å²) in [6, 6.07) is 0.756. The van der Waals surface area contributed by atoms with Crippen molar-refractivity contribution in [1.29, 1.82) is 0 Å². The minimum absolute atomic E-state index is 0.0559. The lowest BCUT2D eigenvalue weighted by Crippen LogP contribution is -2.30. The predicted molar refractivity (Wildman–Crippen MR) is 60.8 cm³/mol. The SMILES string of the molecule is CCCCN(CCC(=O)OCC)C1CC1. The Kier molecular flexibility index (Phi) is 5.69. The zero-order valence-electron chi connectivity index (χ0n) is 10.00. The van der Waals surface area contributed by atoms with Crippen molar-refractivity contribution in [3.05, 3.63) is 0 Å². The summed E-state index contributed by atoms with van der Waals surface area (Å²) < 4.78 is 4.93. The van der Waals surface area contributed by atoms with Crippen molar-refractivity contribution in [3.63, 3.8) is 0 Å². The van der Waals surface area contributed by atoms with Crippen molar-refractivity contribution in [2.75, 3.05) is 19.7 Å². The predicted octanol–water partition coefficient (Wildman–Crippen LogP) is 2.20. The zero-order chi connectivity index (χ0) is 11.1. The molecule has 1 fully saturated rings. The van der Waals surface area contributed by atoms with Gasteiger partial charge in [-0.25, -0.2) is 0 Å². The van der Waals surface area contributed by atoms with Crippen LogP contribution in [0.3, 0.4) is 0 Å². The molecule has 0 bridgehead atoms. The first-order chi connectivity index (χ1) is 7.27. The van der Waals surface area contributed by atoms with Gasteiger partial charge in [0.1, 0.15) is 0 Å². The maximum atomic E-state index is 11.2. The first-order valence-electron chi connectivity index (χ1n) is 6.17. The highest BCUT2D eigenvalue weighted by Crippen LogP contribution is 2.27. The molecule has 0 amide bonds. The molecular formula is C12H23NO2. The minimum Gasteiger partial charge on any atom is -0.466 e. The fraction of sp³-hybridized carbons (Fsp3) is 0.917. The van der Waals surface area contributed by atoms with Crippen LogP contribution in [0.25, 0.3) is 0 Å². The van der Waals surface area contributed by atoms with Gasteiger partial charge in [0.2, 0.25) is 0 Å². The summed E-state index contributed by atoms with van der Waals surface area (Å²) in [5.74, 6) is -0.0559. The molecule has 1 aliphatic rings. The Balaban J connectivity index is 2.16. The molecule has 0 atom stereocenters. The van der Waals surface area contributed by atoms with Crippen LogP contribution >= 0.6 is 0 Å². The highest BCUT2D eigenvalue weighted by molar-refractivity contribution is 5.69. The lowest BCUT2D eigenvalue weighted by atomic mass is 10.3. The van der Waals surface area contributed by atoms with Gasteiger partial charge in [-0.2, -0.15) is 0 Å². The number of unbranched alkanes of at least 4 members (excludes halogenated alkanes) is 1. The van der Waals surface area contributed by atoms with Gasteiger partial charge in [0.15, 0.2) is 0 Å². The van der Waals surface area contributed by atoms with Crippen molar-refractivity contribution in [2.24, 2.45) is 0 Å². The molecule has 1 rings (SSSR count). The average molecular weight is 213 g/mol. The van der Waals surface area contributed by atoms with Gasteiger partial charge in [0, 0.05) is 12.6 Å². The van der Waals surface area contributed by atoms with Gasteiger partial charge < -0.3 is 4.74 Å². The minimum atomic E-state index is -0.0559. The normalized spacial score (nSPS) is 15.7. The van der Waals surface area contributed by atoms with Gasteiger partial charge in [-0.05, 0) is 32.7 Å². The van der Waals surface area contributed by atoms with Gasteiger partial charge in [-0.15, -0.1) is 0 Å². The molecule has 0 unspecified atom stereocenters. The summed E-state index contributed by atoms with van der Waals surface area (Å²) in [6.07, 6.45) is 5.63. The first-order valence-corrected chi connectivity index (χ1v) is 6.17. The Bertz CT molecular complexity index is 190. The summed E-state index contributed by atoms with van der Waals surface area (Å²) in [6.45, 7) is 6.57. The van der Waals surface area contributed by atoms with E-state index in [1.165, 1.54) is 25.7 Å². The van der Waals surface area contributed by atoms with E-state index in [1.54, 1.807) is 0 Å². The molecule has 1 aliphatic carbocycles. The van der Waals surface area contributed by atoms with E-state index in [0.717, 1.165) is 19.1 Å². The van der Waals surface area contributed by atoms with Crippen LogP contribution in [0, 0.1) is 0 Å². The lowest BCUT2D eigenvalue weighted by Gasteiger charge is -2.20. The second-order valence-corrected chi connectivity index (χ2v) is 4.18. The van der Waals surface area contributed by atoms with E-state index < -0.39 is 0 Å². The van der Waals surface area contributed by atoms with E-state index >= 15 is 0 Å². The molecule has 88 valence electrons. The second-order valence-electron chi connectivity index (χ2n) is 4.18. The number of nitrogens with zero attached hydrogens (tertiary/aromatic N) is 1. The maximum Gasteiger partial charge on any atom is 0.307 e. The molecule has 0 heterocycles. The molecule has 0 saturated heterocycles.